The number of carbonyl (C=O) groups is 1. The minimum absolute atomic E-state index is 0.135. The number of nitrogens with two attached hydrogens (primary N) is 1. The van der Waals surface area contributed by atoms with Gasteiger partial charge in [0, 0.05) is 50.6 Å². The third-order valence-corrected chi connectivity index (χ3v) is 5.44. The lowest BCUT2D eigenvalue weighted by molar-refractivity contribution is -0.122. The largest absolute Gasteiger partial charge is 0.489 e. The number of rotatable bonds is 9. The van der Waals surface area contributed by atoms with E-state index < -0.39 is 0 Å². The van der Waals surface area contributed by atoms with Crippen LogP contribution in [0, 0.1) is 5.92 Å². The number of primary amides is 1. The zero-order chi connectivity index (χ0) is 22.8. The fourth-order valence-corrected chi connectivity index (χ4v) is 3.77. The lowest BCUT2D eigenvalue weighted by atomic mass is 9.97. The van der Waals surface area contributed by atoms with Crippen LogP contribution >= 0.6 is 0 Å². The summed E-state index contributed by atoms with van der Waals surface area (Å²) in [5.74, 6) is 1.99. The minimum atomic E-state index is -0.243. The van der Waals surface area contributed by atoms with Crippen LogP contribution in [0.1, 0.15) is 24.0 Å². The molecule has 1 saturated heterocycles. The summed E-state index contributed by atoms with van der Waals surface area (Å²) in [6.45, 7) is 6.75. The first kappa shape index (κ1) is 23.1. The highest BCUT2D eigenvalue weighted by Gasteiger charge is 2.26. The van der Waals surface area contributed by atoms with E-state index in [1.54, 1.807) is 19.3 Å². The van der Waals surface area contributed by atoms with Gasteiger partial charge in [0.1, 0.15) is 18.2 Å². The third-order valence-electron chi connectivity index (χ3n) is 5.44. The van der Waals surface area contributed by atoms with Crippen molar-refractivity contribution in [1.29, 1.82) is 0 Å². The number of aliphatic imine (C=N–C) groups is 1. The quantitative estimate of drug-likeness (QED) is 0.316. The maximum atomic E-state index is 11.7. The topological polar surface area (TPSA) is 105 Å². The summed E-state index contributed by atoms with van der Waals surface area (Å²) in [5.41, 5.74) is 7.61. The maximum Gasteiger partial charge on any atom is 0.222 e. The summed E-state index contributed by atoms with van der Waals surface area (Å²) in [6, 6.07) is 11.8. The predicted octanol–water partition coefficient (Wildman–Crippen LogP) is 2.21. The molecule has 8 heteroatoms. The molecule has 170 valence electrons. The van der Waals surface area contributed by atoms with E-state index in [1.807, 2.05) is 36.4 Å². The Bertz CT molecular complexity index is 946. The van der Waals surface area contributed by atoms with E-state index >= 15 is 0 Å². The number of benzene rings is 1. The van der Waals surface area contributed by atoms with Crippen LogP contribution in [-0.4, -0.2) is 43.6 Å². The molecule has 0 radical (unpaired) electrons. The van der Waals surface area contributed by atoms with Crippen molar-refractivity contribution in [1.82, 2.24) is 15.6 Å². The Morgan fingerprint density at radius 1 is 1.28 bits per heavy atom. The molecule has 2 heterocycles. The molecule has 1 fully saturated rings. The molecule has 2 aromatic rings. The van der Waals surface area contributed by atoms with Gasteiger partial charge in [0.05, 0.1) is 5.92 Å². The number of ether oxygens (including phenoxy) is 1. The van der Waals surface area contributed by atoms with Crippen LogP contribution in [-0.2, 0) is 17.9 Å². The van der Waals surface area contributed by atoms with Gasteiger partial charge in [-0.25, -0.2) is 4.98 Å². The fraction of sp³-hybridized carbons (Fsp3) is 0.375. The summed E-state index contributed by atoms with van der Waals surface area (Å²) in [6.07, 6.45) is 5.26. The molecule has 0 saturated carbocycles. The van der Waals surface area contributed by atoms with Crippen LogP contribution in [0.2, 0.25) is 0 Å². The molecule has 0 aliphatic carbocycles. The molecule has 1 aromatic carbocycles. The van der Waals surface area contributed by atoms with Crippen LogP contribution in [0.15, 0.2) is 60.2 Å². The SMILES string of the molecule is C=CCOc1ccccc1CNC(=NC)NCc1cccnc1N1CCCC(C(N)=O)C1. The number of hydrogen-bond donors (Lipinski definition) is 3. The summed E-state index contributed by atoms with van der Waals surface area (Å²) in [7, 11) is 1.74. The van der Waals surface area contributed by atoms with E-state index in [2.05, 4.69) is 32.1 Å². The van der Waals surface area contributed by atoms with Gasteiger partial charge < -0.3 is 26.0 Å². The van der Waals surface area contributed by atoms with Crippen molar-refractivity contribution in [2.75, 3.05) is 31.6 Å². The van der Waals surface area contributed by atoms with Crippen molar-refractivity contribution >= 4 is 17.7 Å². The second kappa shape index (κ2) is 11.7. The smallest absolute Gasteiger partial charge is 0.222 e. The molecule has 0 spiro atoms. The van der Waals surface area contributed by atoms with E-state index in [4.69, 9.17) is 10.5 Å². The molecular weight excluding hydrogens is 404 g/mol. The first-order valence-electron chi connectivity index (χ1n) is 10.9. The van der Waals surface area contributed by atoms with Crippen molar-refractivity contribution in [3.63, 3.8) is 0 Å². The summed E-state index contributed by atoms with van der Waals surface area (Å²) in [5, 5.41) is 6.69. The Morgan fingerprint density at radius 2 is 2.03 bits per heavy atom. The summed E-state index contributed by atoms with van der Waals surface area (Å²) in [4.78, 5) is 22.7. The van der Waals surface area contributed by atoms with Crippen molar-refractivity contribution in [2.24, 2.45) is 16.6 Å². The van der Waals surface area contributed by atoms with Gasteiger partial charge in [-0.3, -0.25) is 9.79 Å². The summed E-state index contributed by atoms with van der Waals surface area (Å²) >= 11 is 0. The number of nitrogens with one attached hydrogen (secondary N) is 2. The molecule has 1 aromatic heterocycles. The van der Waals surface area contributed by atoms with Gasteiger partial charge >= 0.3 is 0 Å². The molecule has 8 nitrogen and oxygen atoms in total. The van der Waals surface area contributed by atoms with Gasteiger partial charge in [-0.15, -0.1) is 0 Å². The molecular formula is C24H32N6O2. The normalized spacial score (nSPS) is 16.3. The van der Waals surface area contributed by atoms with Gasteiger partial charge in [-0.1, -0.05) is 36.9 Å². The monoisotopic (exact) mass is 436 g/mol. The lowest BCUT2D eigenvalue weighted by Gasteiger charge is -2.33. The first-order valence-corrected chi connectivity index (χ1v) is 10.9. The zero-order valence-electron chi connectivity index (χ0n) is 18.6. The van der Waals surface area contributed by atoms with Gasteiger partial charge in [0.25, 0.3) is 0 Å². The van der Waals surface area contributed by atoms with Crippen molar-refractivity contribution in [3.05, 3.63) is 66.4 Å². The molecule has 32 heavy (non-hydrogen) atoms. The first-order chi connectivity index (χ1) is 15.6. The van der Waals surface area contributed by atoms with Gasteiger partial charge in [-0.05, 0) is 25.0 Å². The minimum Gasteiger partial charge on any atom is -0.489 e. The number of piperidine rings is 1. The highest BCUT2D eigenvalue weighted by atomic mass is 16.5. The Labute approximate surface area is 189 Å². The van der Waals surface area contributed by atoms with E-state index in [0.29, 0.717) is 32.2 Å². The van der Waals surface area contributed by atoms with Crippen molar-refractivity contribution < 1.29 is 9.53 Å². The van der Waals surface area contributed by atoms with Crippen LogP contribution in [0.5, 0.6) is 5.75 Å². The average molecular weight is 437 g/mol. The molecule has 1 amide bonds. The Hall–Kier alpha value is -3.55. The second-order valence-electron chi connectivity index (χ2n) is 7.66. The average Bonchev–Trinajstić information content (AvgIpc) is 2.83. The van der Waals surface area contributed by atoms with Crippen LogP contribution in [0.4, 0.5) is 5.82 Å². The molecule has 4 N–H and O–H groups in total. The van der Waals surface area contributed by atoms with Crippen LogP contribution in [0.3, 0.4) is 0 Å². The third kappa shape index (κ3) is 6.23. The van der Waals surface area contributed by atoms with E-state index in [1.165, 1.54) is 0 Å². The standard InChI is InChI=1S/C24H32N6O2/c1-3-14-32-21-11-5-4-8-18(21)15-28-24(26-2)29-16-19-9-6-12-27-23(19)30-13-7-10-20(17-30)22(25)31/h3-6,8-9,11-12,20H,1,7,10,13-17H2,2H3,(H2,25,31)(H2,26,28,29). The Morgan fingerprint density at radius 3 is 2.78 bits per heavy atom. The maximum absolute atomic E-state index is 11.7. The highest BCUT2D eigenvalue weighted by Crippen LogP contribution is 2.24. The highest BCUT2D eigenvalue weighted by molar-refractivity contribution is 5.80. The Balaban J connectivity index is 1.61. The van der Waals surface area contributed by atoms with E-state index in [-0.39, 0.29) is 11.8 Å². The molecule has 1 unspecified atom stereocenters. The van der Waals surface area contributed by atoms with Gasteiger partial charge in [0.2, 0.25) is 5.91 Å². The van der Waals surface area contributed by atoms with E-state index in [0.717, 1.165) is 42.1 Å². The lowest BCUT2D eigenvalue weighted by Crippen LogP contribution is -2.42. The number of carbonyl (C=O) groups excluding carboxylic acids is 1. The number of para-hydroxylation sites is 1. The zero-order valence-corrected chi connectivity index (χ0v) is 18.6. The number of anilines is 1. The van der Waals surface area contributed by atoms with Crippen molar-refractivity contribution in [2.45, 2.75) is 25.9 Å². The number of nitrogens with zero attached hydrogens (tertiary/aromatic N) is 3. The number of hydrogen-bond acceptors (Lipinski definition) is 5. The summed E-state index contributed by atoms with van der Waals surface area (Å²) < 4.78 is 5.72. The number of guanidine groups is 1. The number of pyridine rings is 1. The Kier molecular flexibility index (Phi) is 8.48. The number of amides is 1. The van der Waals surface area contributed by atoms with E-state index in [9.17, 15) is 4.79 Å². The van der Waals surface area contributed by atoms with Crippen LogP contribution < -0.4 is 26.0 Å². The van der Waals surface area contributed by atoms with Gasteiger partial charge in [-0.2, -0.15) is 0 Å². The second-order valence-corrected chi connectivity index (χ2v) is 7.66. The number of aromatic nitrogens is 1. The molecule has 1 aliphatic rings. The van der Waals surface area contributed by atoms with Crippen LogP contribution in [0.25, 0.3) is 0 Å². The molecule has 1 atom stereocenters. The molecule has 1 aliphatic heterocycles. The molecule has 3 rings (SSSR count). The fourth-order valence-electron chi connectivity index (χ4n) is 3.77. The van der Waals surface area contributed by atoms with Crippen molar-refractivity contribution in [3.8, 4) is 5.75 Å². The van der Waals surface area contributed by atoms with Gasteiger partial charge in [0.15, 0.2) is 5.96 Å². The molecule has 0 bridgehead atoms. The predicted molar refractivity (Wildman–Crippen MR) is 128 cm³/mol.